The monoisotopic (exact) mass is 178 g/mol. The lowest BCUT2D eigenvalue weighted by Crippen LogP contribution is -2.35. The minimum absolute atomic E-state index is 0.793. The van der Waals surface area contributed by atoms with E-state index in [1.165, 1.54) is 0 Å². The highest BCUT2D eigenvalue weighted by Gasteiger charge is 2.15. The summed E-state index contributed by atoms with van der Waals surface area (Å²) in [6.45, 7) is 1.94. The first-order chi connectivity index (χ1) is 6.04. The molecule has 0 bridgehead atoms. The number of carboxylic acids is 1. The molecule has 0 fully saturated rings. The van der Waals surface area contributed by atoms with Gasteiger partial charge in [0.05, 0.1) is 2.74 Å². The van der Waals surface area contributed by atoms with Gasteiger partial charge in [0.1, 0.15) is 12.1 Å². The van der Waals surface area contributed by atoms with E-state index in [2.05, 4.69) is 4.74 Å². The second-order valence-electron chi connectivity index (χ2n) is 3.06. The van der Waals surface area contributed by atoms with Gasteiger partial charge in [0.2, 0.25) is 0 Å². The van der Waals surface area contributed by atoms with Gasteiger partial charge in [0, 0.05) is 0 Å². The van der Waals surface area contributed by atoms with Gasteiger partial charge in [-0.05, 0) is 20.8 Å². The Bertz CT molecular complexity index is 247. The van der Waals surface area contributed by atoms with Crippen molar-refractivity contribution >= 4 is 12.1 Å². The minimum Gasteiger partial charge on any atom is -0.480 e. The summed E-state index contributed by atoms with van der Waals surface area (Å²) in [5, 5.41) is 9.93. The predicted octanol–water partition coefficient (Wildman–Crippen LogP) is 0.596. The Kier molecular flexibility index (Phi) is 2.43. The largest absolute Gasteiger partial charge is 0.480 e. The Morgan fingerprint density at radius 3 is 2.42 bits per heavy atom. The van der Waals surface area contributed by atoms with E-state index < -0.39 is 24.2 Å². The molecule has 5 heteroatoms. The highest BCUT2D eigenvalue weighted by molar-refractivity contribution is 5.76. The maximum Gasteiger partial charge on any atom is 0.408 e. The average Bonchev–Trinajstić information content (AvgIpc) is 1.79. The SMILES string of the molecule is [2H]C([2H])([15NH]C(=O)OC(C)(C)C)C(=O)O. The first-order valence-electron chi connectivity index (χ1n) is 4.29. The van der Waals surface area contributed by atoms with Crippen molar-refractivity contribution in [2.75, 3.05) is 6.50 Å². The maximum absolute atomic E-state index is 10.9. The molecule has 0 spiro atoms. The zero-order chi connectivity index (χ0) is 11.6. The number of amides is 1. The van der Waals surface area contributed by atoms with Crippen LogP contribution >= 0.6 is 0 Å². The van der Waals surface area contributed by atoms with E-state index in [1.807, 2.05) is 0 Å². The average molecular weight is 178 g/mol. The number of hydrogen-bond acceptors (Lipinski definition) is 3. The van der Waals surface area contributed by atoms with Gasteiger partial charge in [-0.2, -0.15) is 0 Å². The summed E-state index contributed by atoms with van der Waals surface area (Å²) in [4.78, 5) is 21.2. The summed E-state index contributed by atoms with van der Waals surface area (Å²) in [6, 6.07) is 0. The highest BCUT2D eigenvalue weighted by atomic mass is 16.6. The fourth-order valence-electron chi connectivity index (χ4n) is 0.408. The Labute approximate surface area is 73.5 Å². The molecule has 70 valence electrons. The van der Waals surface area contributed by atoms with Crippen LogP contribution in [0.2, 0.25) is 0 Å². The zero-order valence-corrected chi connectivity index (χ0v) is 7.17. The number of carbonyl (C=O) groups is 2. The van der Waals surface area contributed by atoms with Crippen LogP contribution in [-0.4, -0.2) is 29.3 Å². The Morgan fingerprint density at radius 1 is 1.58 bits per heavy atom. The number of alkyl carbamates (subject to hydrolysis) is 1. The van der Waals surface area contributed by atoms with Gasteiger partial charge in [0.25, 0.3) is 0 Å². The van der Waals surface area contributed by atoms with E-state index in [9.17, 15) is 9.59 Å². The number of aliphatic carboxylic acids is 1. The van der Waals surface area contributed by atoms with Crippen LogP contribution < -0.4 is 5.32 Å². The van der Waals surface area contributed by atoms with E-state index in [0.717, 1.165) is 0 Å². The Hall–Kier alpha value is -1.26. The molecule has 0 saturated heterocycles. The molecule has 0 heterocycles. The molecule has 5 nitrogen and oxygen atoms in total. The molecule has 0 rings (SSSR count). The summed E-state index contributed by atoms with van der Waals surface area (Å²) in [5.41, 5.74) is -0.793. The van der Waals surface area contributed by atoms with Crippen LogP contribution in [0.15, 0.2) is 0 Å². The third-order valence-electron chi connectivity index (χ3n) is 0.670. The molecule has 0 saturated carbocycles. The van der Waals surface area contributed by atoms with Gasteiger partial charge in [-0.3, -0.25) is 4.79 Å². The van der Waals surface area contributed by atoms with Crippen LogP contribution in [0.4, 0.5) is 4.79 Å². The molecule has 1 amide bonds. The normalized spacial score (nSPS) is 14.2. The lowest BCUT2D eigenvalue weighted by atomic mass is 10.2. The van der Waals surface area contributed by atoms with E-state index >= 15 is 0 Å². The number of ether oxygens (including phenoxy) is 1. The predicted molar refractivity (Wildman–Crippen MR) is 41.9 cm³/mol. The van der Waals surface area contributed by atoms with Crippen LogP contribution in [0.3, 0.4) is 0 Å². The maximum atomic E-state index is 10.9. The third-order valence-corrected chi connectivity index (χ3v) is 0.670. The number of rotatable bonds is 2. The van der Waals surface area contributed by atoms with Crippen LogP contribution in [0.1, 0.15) is 23.5 Å². The highest BCUT2D eigenvalue weighted by Crippen LogP contribution is 2.05. The number of nitrogens with one attached hydrogen (secondary N) is 1. The molecule has 2 N–H and O–H groups in total. The smallest absolute Gasteiger partial charge is 0.408 e. The quantitative estimate of drug-likeness (QED) is 0.607. The molecule has 0 aliphatic carbocycles. The molecule has 0 aliphatic heterocycles. The Balaban J connectivity index is 4.27. The minimum atomic E-state index is -2.82. The van der Waals surface area contributed by atoms with Gasteiger partial charge in [-0.15, -0.1) is 0 Å². The first kappa shape index (κ1) is 7.39. The van der Waals surface area contributed by atoms with Gasteiger partial charge >= 0.3 is 12.1 Å². The van der Waals surface area contributed by atoms with Crippen LogP contribution in [0, 0.1) is 0 Å². The van der Waals surface area contributed by atoms with Crippen molar-refractivity contribution in [1.29, 1.82) is 0 Å². The van der Waals surface area contributed by atoms with Crippen molar-refractivity contribution in [2.45, 2.75) is 26.4 Å². The van der Waals surface area contributed by atoms with E-state index in [0.29, 0.717) is 0 Å². The topological polar surface area (TPSA) is 75.6 Å². The van der Waals surface area contributed by atoms with Crippen molar-refractivity contribution in [2.24, 2.45) is 0 Å². The van der Waals surface area contributed by atoms with Crippen molar-refractivity contribution in [3.8, 4) is 0 Å². The number of carbonyl (C=O) groups excluding carboxylic acids is 1. The summed E-state index contributed by atoms with van der Waals surface area (Å²) < 4.78 is 18.4. The lowest BCUT2D eigenvalue weighted by Gasteiger charge is -2.19. The van der Waals surface area contributed by atoms with Gasteiger partial charge < -0.3 is 15.2 Å². The van der Waals surface area contributed by atoms with Crippen molar-refractivity contribution in [3.63, 3.8) is 0 Å². The molecule has 0 unspecified atom stereocenters. The molecule has 0 aromatic rings. The zero-order valence-electron chi connectivity index (χ0n) is 9.17. The molecule has 0 atom stereocenters. The lowest BCUT2D eigenvalue weighted by molar-refractivity contribution is -0.136. The van der Waals surface area contributed by atoms with Gasteiger partial charge in [-0.1, -0.05) is 0 Å². The fourth-order valence-corrected chi connectivity index (χ4v) is 0.408. The van der Waals surface area contributed by atoms with Crippen LogP contribution in [0.5, 0.6) is 0 Å². The van der Waals surface area contributed by atoms with E-state index in [-0.39, 0.29) is 0 Å². The van der Waals surface area contributed by atoms with Gasteiger partial charge in [0.15, 0.2) is 0 Å². The van der Waals surface area contributed by atoms with Crippen molar-refractivity contribution in [3.05, 3.63) is 0 Å². The summed E-state index contributed by atoms with van der Waals surface area (Å²) in [7, 11) is 0. The number of carboxylic acid groups (broad SMARTS) is 1. The molecule has 12 heavy (non-hydrogen) atoms. The second-order valence-corrected chi connectivity index (χ2v) is 3.06. The molecule has 0 radical (unpaired) electrons. The molecule has 0 aromatic heterocycles. The van der Waals surface area contributed by atoms with E-state index in [4.69, 9.17) is 7.85 Å². The number of hydrogen-bond donors (Lipinski definition) is 2. The molecular formula is C7H13NO4. The van der Waals surface area contributed by atoms with Crippen LogP contribution in [-0.2, 0) is 9.53 Å². The second kappa shape index (κ2) is 3.94. The molecule has 0 aliphatic rings. The van der Waals surface area contributed by atoms with Crippen molar-refractivity contribution in [1.82, 2.24) is 5.32 Å². The van der Waals surface area contributed by atoms with E-state index in [1.54, 1.807) is 26.1 Å². The third kappa shape index (κ3) is 6.85. The molecular weight excluding hydrogens is 163 g/mol. The van der Waals surface area contributed by atoms with Gasteiger partial charge in [-0.25, -0.2) is 4.79 Å². The fraction of sp³-hybridized carbons (Fsp3) is 0.714. The molecule has 0 aromatic carbocycles. The van der Waals surface area contributed by atoms with Crippen molar-refractivity contribution < 1.29 is 22.2 Å². The summed E-state index contributed by atoms with van der Waals surface area (Å²) in [6.07, 6.45) is -1.11. The standard InChI is InChI=1S/C7H13NO4/c1-7(2,3)12-6(11)8-4-5(9)10/h4H2,1-3H3,(H,8,11)(H,9,10)/i4D2,8+1. The first-order valence-corrected chi connectivity index (χ1v) is 3.29. The Morgan fingerprint density at radius 2 is 2.08 bits per heavy atom. The van der Waals surface area contributed by atoms with Crippen LogP contribution in [0.25, 0.3) is 0 Å². The summed E-state index contributed by atoms with van der Waals surface area (Å²) in [5.74, 6) is -1.77. The summed E-state index contributed by atoms with van der Waals surface area (Å²) >= 11 is 0.